The summed E-state index contributed by atoms with van der Waals surface area (Å²) < 4.78 is 20.0. The molecule has 2 saturated heterocycles. The minimum Gasteiger partial charge on any atom is -0.461 e. The molecule has 0 radical (unpaired) electrons. The molecule has 0 aromatic rings. The molecule has 0 unspecified atom stereocenters. The molecule has 0 bridgehead atoms. The van der Waals surface area contributed by atoms with Crippen LogP contribution in [0.25, 0.3) is 0 Å². The van der Waals surface area contributed by atoms with Gasteiger partial charge >= 0.3 is 5.97 Å². The fraction of sp³-hybridized carbons (Fsp3) is 0.906. The van der Waals surface area contributed by atoms with Crippen LogP contribution in [0, 0.1) is 51.8 Å². The summed E-state index contributed by atoms with van der Waals surface area (Å²) in [5, 5.41) is 10.7. The van der Waals surface area contributed by atoms with Crippen LogP contribution < -0.4 is 0 Å². The van der Waals surface area contributed by atoms with E-state index in [4.69, 9.17) is 14.2 Å². The average Bonchev–Trinajstić information content (AvgIpc) is 3.28. The molecule has 6 aliphatic rings. The second-order valence-electron chi connectivity index (χ2n) is 15.5. The first kappa shape index (κ1) is 27.7. The summed E-state index contributed by atoms with van der Waals surface area (Å²) in [6.07, 6.45) is 9.11. The van der Waals surface area contributed by atoms with Gasteiger partial charge in [-0.2, -0.15) is 0 Å². The molecule has 1 N–H and O–H groups in total. The first-order valence-corrected chi connectivity index (χ1v) is 16.2. The number of aliphatic hydroxyl groups excluding tert-OH is 1. The van der Waals surface area contributed by atoms with Crippen LogP contribution in [-0.2, 0) is 19.0 Å². The quantitative estimate of drug-likeness (QED) is 0.209. The number of hydrogen-bond donors (Lipinski definition) is 1. The first-order chi connectivity index (χ1) is 17.7. The zero-order valence-electron chi connectivity index (χ0n) is 24.5. The highest BCUT2D eigenvalue weighted by molar-refractivity contribution is 9.09. The summed E-state index contributed by atoms with van der Waals surface area (Å²) in [6.45, 7) is 16.1. The zero-order chi connectivity index (χ0) is 27.4. The smallest absolute Gasteiger partial charge is 0.311 e. The molecule has 13 atom stereocenters. The van der Waals surface area contributed by atoms with Gasteiger partial charge in [0, 0.05) is 28.5 Å². The van der Waals surface area contributed by atoms with E-state index in [1.165, 1.54) is 5.57 Å². The average molecular weight is 594 g/mol. The van der Waals surface area contributed by atoms with Crippen molar-refractivity contribution in [2.24, 2.45) is 51.8 Å². The van der Waals surface area contributed by atoms with Crippen molar-refractivity contribution in [3.63, 3.8) is 0 Å². The van der Waals surface area contributed by atoms with Gasteiger partial charge in [-0.05, 0) is 88.4 Å². The van der Waals surface area contributed by atoms with Crippen LogP contribution in [0.4, 0.5) is 0 Å². The van der Waals surface area contributed by atoms with E-state index >= 15 is 0 Å². The number of rotatable bonds is 1. The number of carbonyl (C=O) groups is 1. The lowest BCUT2D eigenvalue weighted by molar-refractivity contribution is -0.265. The third kappa shape index (κ3) is 3.89. The summed E-state index contributed by atoms with van der Waals surface area (Å²) in [5.74, 6) is 1.83. The highest BCUT2D eigenvalue weighted by atomic mass is 79.9. The van der Waals surface area contributed by atoms with Crippen molar-refractivity contribution in [1.29, 1.82) is 0 Å². The maximum absolute atomic E-state index is 13.4. The number of esters is 1. The molecule has 6 rings (SSSR count). The Labute approximate surface area is 237 Å². The number of alkyl halides is 1. The molecule has 38 heavy (non-hydrogen) atoms. The normalized spacial score (nSPS) is 54.0. The van der Waals surface area contributed by atoms with E-state index in [0.717, 1.165) is 51.6 Å². The number of hydrogen-bond acceptors (Lipinski definition) is 5. The Morgan fingerprint density at radius 3 is 2.55 bits per heavy atom. The second-order valence-corrected chi connectivity index (χ2v) is 16.6. The molecular formula is C32H49BrO5. The first-order valence-electron chi connectivity index (χ1n) is 15.3. The summed E-state index contributed by atoms with van der Waals surface area (Å²) in [7, 11) is 0. The Morgan fingerprint density at radius 1 is 1.16 bits per heavy atom. The minimum absolute atomic E-state index is 0.00984. The van der Waals surface area contributed by atoms with Gasteiger partial charge in [0.05, 0.1) is 24.2 Å². The number of halogens is 1. The lowest BCUT2D eigenvalue weighted by Crippen LogP contribution is -2.59. The highest BCUT2D eigenvalue weighted by Gasteiger charge is 2.70. The van der Waals surface area contributed by atoms with Crippen molar-refractivity contribution in [1.82, 2.24) is 0 Å². The molecule has 2 aliphatic heterocycles. The van der Waals surface area contributed by atoms with Crippen molar-refractivity contribution in [3.05, 3.63) is 11.6 Å². The van der Waals surface area contributed by atoms with Gasteiger partial charge in [-0.25, -0.2) is 0 Å². The largest absolute Gasteiger partial charge is 0.461 e. The molecular weight excluding hydrogens is 544 g/mol. The second kappa shape index (κ2) is 9.03. The maximum atomic E-state index is 13.4. The zero-order valence-corrected chi connectivity index (χ0v) is 26.1. The Balaban J connectivity index is 1.40. The fourth-order valence-electron chi connectivity index (χ4n) is 9.91. The molecule has 5 fully saturated rings. The number of aliphatic hydroxyl groups is 1. The van der Waals surface area contributed by atoms with Crippen LogP contribution in [0.3, 0.4) is 0 Å². The Morgan fingerprint density at radius 2 is 1.89 bits per heavy atom. The van der Waals surface area contributed by atoms with Gasteiger partial charge in [0.25, 0.3) is 0 Å². The Hall–Kier alpha value is -0.430. The maximum Gasteiger partial charge on any atom is 0.311 e. The molecule has 2 heterocycles. The SMILES string of the molecule is C[C@H]1CC[C@@]2(OC1)O[C@H]1C=C3[C@@H]4CC[C@H]5C[C@@H](O)[C@H](Br)C[C@]5(C)[C@H]4C[C@H](OC(=O)C(C)(C)C)[C@]3(C)[C@H]1[C@@H]2C. The van der Waals surface area contributed by atoms with Crippen molar-refractivity contribution in [2.45, 2.75) is 122 Å². The third-order valence-corrected chi connectivity index (χ3v) is 13.2. The summed E-state index contributed by atoms with van der Waals surface area (Å²) in [5.41, 5.74) is 0.788. The van der Waals surface area contributed by atoms with Gasteiger partial charge in [0.2, 0.25) is 0 Å². The minimum atomic E-state index is -0.550. The molecule has 0 aromatic heterocycles. The predicted octanol–water partition coefficient (Wildman–Crippen LogP) is 6.66. The van der Waals surface area contributed by atoms with Crippen LogP contribution in [-0.4, -0.2) is 46.6 Å². The van der Waals surface area contributed by atoms with E-state index in [2.05, 4.69) is 49.7 Å². The summed E-state index contributed by atoms with van der Waals surface area (Å²) in [6, 6.07) is 0. The molecule has 0 amide bonds. The molecule has 4 aliphatic carbocycles. The van der Waals surface area contributed by atoms with Gasteiger partial charge in [0.1, 0.15) is 6.10 Å². The Bertz CT molecular complexity index is 994. The molecule has 0 aromatic carbocycles. The topological polar surface area (TPSA) is 65.0 Å². The lowest BCUT2D eigenvalue weighted by Gasteiger charge is -2.62. The molecule has 3 saturated carbocycles. The van der Waals surface area contributed by atoms with E-state index in [0.29, 0.717) is 23.7 Å². The van der Waals surface area contributed by atoms with Gasteiger partial charge in [-0.15, -0.1) is 0 Å². The van der Waals surface area contributed by atoms with E-state index in [1.807, 2.05) is 20.8 Å². The van der Waals surface area contributed by atoms with Crippen LogP contribution >= 0.6 is 15.9 Å². The molecule has 6 heteroatoms. The Kier molecular flexibility index (Phi) is 6.59. The van der Waals surface area contributed by atoms with Gasteiger partial charge in [-0.1, -0.05) is 55.3 Å². The van der Waals surface area contributed by atoms with Gasteiger partial charge in [-0.3, -0.25) is 4.79 Å². The van der Waals surface area contributed by atoms with Crippen molar-refractivity contribution < 1.29 is 24.1 Å². The van der Waals surface area contributed by atoms with E-state index in [9.17, 15) is 9.90 Å². The van der Waals surface area contributed by atoms with E-state index in [1.54, 1.807) is 0 Å². The number of carbonyl (C=O) groups excluding carboxylic acids is 1. The predicted molar refractivity (Wildman–Crippen MR) is 151 cm³/mol. The monoisotopic (exact) mass is 592 g/mol. The number of fused-ring (bicyclic) bond motifs is 7. The van der Waals surface area contributed by atoms with Gasteiger partial charge < -0.3 is 19.3 Å². The van der Waals surface area contributed by atoms with Crippen LogP contribution in [0.1, 0.15) is 93.4 Å². The van der Waals surface area contributed by atoms with Crippen LogP contribution in [0.2, 0.25) is 0 Å². The van der Waals surface area contributed by atoms with Crippen molar-refractivity contribution in [3.8, 4) is 0 Å². The van der Waals surface area contributed by atoms with Crippen molar-refractivity contribution >= 4 is 21.9 Å². The summed E-state index contributed by atoms with van der Waals surface area (Å²) >= 11 is 3.82. The van der Waals surface area contributed by atoms with E-state index in [-0.39, 0.29) is 51.8 Å². The standard InChI is InChI=1S/C32H49BrO5/c1-17-10-11-32(36-16-17)18(2)27-25(38-32)13-22-20-9-8-19-12-24(34)23(33)15-30(19,6)21(20)14-26(31(22,27)7)37-28(35)29(3,4)5/h13,17-21,23-27,34H,8-12,14-16H2,1-7H3/t17-,18-,19-,20+,21-,23+,24+,25-,26-,27-,30-,31+,32+/m0/s1. The van der Waals surface area contributed by atoms with Crippen LogP contribution in [0.5, 0.6) is 0 Å². The van der Waals surface area contributed by atoms with Crippen LogP contribution in [0.15, 0.2) is 11.6 Å². The molecule has 214 valence electrons. The summed E-state index contributed by atoms with van der Waals surface area (Å²) in [4.78, 5) is 13.6. The lowest BCUT2D eigenvalue weighted by atomic mass is 9.44. The fourth-order valence-corrected chi connectivity index (χ4v) is 10.8. The van der Waals surface area contributed by atoms with Crippen molar-refractivity contribution in [2.75, 3.05) is 6.61 Å². The van der Waals surface area contributed by atoms with E-state index < -0.39 is 11.2 Å². The molecule has 5 nitrogen and oxygen atoms in total. The number of ether oxygens (including phenoxy) is 3. The third-order valence-electron chi connectivity index (χ3n) is 12.2. The molecule has 1 spiro atoms. The van der Waals surface area contributed by atoms with Gasteiger partial charge in [0.15, 0.2) is 5.79 Å². The highest BCUT2D eigenvalue weighted by Crippen LogP contribution is 2.70.